The number of hydrogen-bond donors (Lipinski definition) is 1. The van der Waals surface area contributed by atoms with E-state index in [1.54, 1.807) is 32.9 Å². The SMILES string of the molecule is CC[C@H](C)OC(=O)[C@H](C)n1cnc2sc(C(=O)Nc3ccccc3)c(C)c2c1=O. The molecule has 3 rings (SSSR count). The second-order valence-corrected chi connectivity index (χ2v) is 7.84. The summed E-state index contributed by atoms with van der Waals surface area (Å²) in [4.78, 5) is 43.2. The number of aromatic nitrogens is 2. The van der Waals surface area contributed by atoms with Crippen molar-refractivity contribution in [3.8, 4) is 0 Å². The fraction of sp³-hybridized carbons (Fsp3) is 0.333. The second-order valence-electron chi connectivity index (χ2n) is 6.85. The lowest BCUT2D eigenvalue weighted by atomic mass is 10.2. The van der Waals surface area contributed by atoms with Gasteiger partial charge in [0, 0.05) is 5.69 Å². The van der Waals surface area contributed by atoms with Crippen LogP contribution in [0.2, 0.25) is 0 Å². The molecule has 0 saturated heterocycles. The third-order valence-corrected chi connectivity index (χ3v) is 5.96. The number of anilines is 1. The molecule has 7 nitrogen and oxygen atoms in total. The topological polar surface area (TPSA) is 90.3 Å². The fourth-order valence-corrected chi connectivity index (χ4v) is 3.87. The summed E-state index contributed by atoms with van der Waals surface area (Å²) < 4.78 is 6.59. The van der Waals surface area contributed by atoms with E-state index in [4.69, 9.17) is 4.74 Å². The quantitative estimate of drug-likeness (QED) is 0.619. The van der Waals surface area contributed by atoms with Crippen LogP contribution in [0.25, 0.3) is 10.2 Å². The van der Waals surface area contributed by atoms with Crippen LogP contribution in [0.15, 0.2) is 41.5 Å². The first kappa shape index (κ1) is 20.7. The number of nitrogens with zero attached hydrogens (tertiary/aromatic N) is 2. The number of thiophene rings is 1. The summed E-state index contributed by atoms with van der Waals surface area (Å²) in [5.41, 5.74) is 0.852. The van der Waals surface area contributed by atoms with Crippen molar-refractivity contribution in [1.29, 1.82) is 0 Å². The van der Waals surface area contributed by atoms with Crippen LogP contribution < -0.4 is 10.9 Å². The Labute approximate surface area is 172 Å². The van der Waals surface area contributed by atoms with Gasteiger partial charge in [0.15, 0.2) is 0 Å². The molecular formula is C21H23N3O4S. The number of carbonyl (C=O) groups is 2. The molecule has 0 spiro atoms. The van der Waals surface area contributed by atoms with E-state index in [2.05, 4.69) is 10.3 Å². The van der Waals surface area contributed by atoms with Gasteiger partial charge in [0.05, 0.1) is 22.7 Å². The predicted molar refractivity (Wildman–Crippen MR) is 114 cm³/mol. The highest BCUT2D eigenvalue weighted by Crippen LogP contribution is 2.28. The zero-order chi connectivity index (χ0) is 21.1. The summed E-state index contributed by atoms with van der Waals surface area (Å²) in [5, 5.41) is 3.17. The molecule has 0 aliphatic heterocycles. The van der Waals surface area contributed by atoms with Crippen LogP contribution in [-0.2, 0) is 9.53 Å². The van der Waals surface area contributed by atoms with Crippen molar-refractivity contribution in [2.24, 2.45) is 0 Å². The van der Waals surface area contributed by atoms with Gasteiger partial charge in [-0.05, 0) is 44.9 Å². The number of rotatable bonds is 6. The predicted octanol–water partition coefficient (Wildman–Crippen LogP) is 3.92. The van der Waals surface area contributed by atoms with Gasteiger partial charge in [-0.25, -0.2) is 9.78 Å². The highest BCUT2D eigenvalue weighted by atomic mass is 32.1. The zero-order valence-electron chi connectivity index (χ0n) is 16.8. The lowest BCUT2D eigenvalue weighted by molar-refractivity contribution is -0.152. The normalized spacial score (nSPS) is 13.1. The molecular weight excluding hydrogens is 390 g/mol. The molecule has 3 aromatic rings. The van der Waals surface area contributed by atoms with Gasteiger partial charge in [0.2, 0.25) is 0 Å². The van der Waals surface area contributed by atoms with Crippen LogP contribution >= 0.6 is 11.3 Å². The van der Waals surface area contributed by atoms with Crippen LogP contribution in [0.3, 0.4) is 0 Å². The number of esters is 1. The molecule has 0 radical (unpaired) electrons. The van der Waals surface area contributed by atoms with Crippen molar-refractivity contribution < 1.29 is 14.3 Å². The lowest BCUT2D eigenvalue weighted by Gasteiger charge is -2.17. The minimum atomic E-state index is -0.811. The van der Waals surface area contributed by atoms with E-state index in [-0.39, 0.29) is 17.6 Å². The van der Waals surface area contributed by atoms with Gasteiger partial charge >= 0.3 is 5.97 Å². The average molecular weight is 413 g/mol. The van der Waals surface area contributed by atoms with Gasteiger partial charge in [-0.3, -0.25) is 14.2 Å². The number of nitrogens with one attached hydrogen (secondary N) is 1. The number of carbonyl (C=O) groups excluding carboxylic acids is 2. The standard InChI is InChI=1S/C21H23N3O4S/c1-5-12(2)28-21(27)14(4)24-11-22-19-16(20(24)26)13(3)17(29-19)18(25)23-15-9-7-6-8-10-15/h6-12,14H,5H2,1-4H3,(H,23,25)/t12-,14-/m0/s1. The molecule has 0 bridgehead atoms. The molecule has 2 aromatic heterocycles. The summed E-state index contributed by atoms with van der Waals surface area (Å²) in [7, 11) is 0. The average Bonchev–Trinajstić information content (AvgIpc) is 3.05. The van der Waals surface area contributed by atoms with E-state index in [1.807, 2.05) is 25.1 Å². The summed E-state index contributed by atoms with van der Waals surface area (Å²) in [6.45, 7) is 7.03. The van der Waals surface area contributed by atoms with Gasteiger partial charge < -0.3 is 10.1 Å². The minimum Gasteiger partial charge on any atom is -0.461 e. The number of hydrogen-bond acceptors (Lipinski definition) is 6. The smallest absolute Gasteiger partial charge is 0.329 e. The number of fused-ring (bicyclic) bond motifs is 1. The molecule has 1 aromatic carbocycles. The van der Waals surface area contributed by atoms with Crippen LogP contribution in [0.5, 0.6) is 0 Å². The molecule has 0 saturated carbocycles. The Hall–Kier alpha value is -3.00. The molecule has 29 heavy (non-hydrogen) atoms. The number of amides is 1. The highest BCUT2D eigenvalue weighted by Gasteiger charge is 2.24. The Morgan fingerprint density at radius 2 is 1.93 bits per heavy atom. The maximum atomic E-state index is 13.0. The van der Waals surface area contributed by atoms with Gasteiger partial charge in [-0.2, -0.15) is 0 Å². The van der Waals surface area contributed by atoms with Crippen molar-refractivity contribution >= 4 is 39.1 Å². The summed E-state index contributed by atoms with van der Waals surface area (Å²) in [6, 6.07) is 8.28. The molecule has 8 heteroatoms. The Bertz CT molecular complexity index is 1100. The Kier molecular flexibility index (Phi) is 6.12. The number of aryl methyl sites for hydroxylation is 1. The van der Waals surface area contributed by atoms with Crippen LogP contribution in [0.1, 0.15) is 48.5 Å². The lowest BCUT2D eigenvalue weighted by Crippen LogP contribution is -2.31. The monoisotopic (exact) mass is 413 g/mol. The van der Waals surface area contributed by atoms with Crippen LogP contribution in [0, 0.1) is 6.92 Å². The molecule has 0 aliphatic rings. The fourth-order valence-electron chi connectivity index (χ4n) is 2.83. The van der Waals surface area contributed by atoms with Crippen molar-refractivity contribution in [1.82, 2.24) is 9.55 Å². The molecule has 2 heterocycles. The van der Waals surface area contributed by atoms with Crippen molar-refractivity contribution in [2.45, 2.75) is 46.3 Å². The first-order valence-electron chi connectivity index (χ1n) is 9.40. The second kappa shape index (κ2) is 8.57. The van der Waals surface area contributed by atoms with E-state index >= 15 is 0 Å². The summed E-state index contributed by atoms with van der Waals surface area (Å²) in [6.07, 6.45) is 1.80. The van der Waals surface area contributed by atoms with E-state index in [0.29, 0.717) is 32.8 Å². The van der Waals surface area contributed by atoms with E-state index in [0.717, 1.165) is 11.3 Å². The Morgan fingerprint density at radius 3 is 2.59 bits per heavy atom. The maximum Gasteiger partial charge on any atom is 0.329 e. The number of para-hydroxylation sites is 1. The van der Waals surface area contributed by atoms with Crippen LogP contribution in [-0.4, -0.2) is 27.5 Å². The van der Waals surface area contributed by atoms with Gasteiger partial charge in [-0.1, -0.05) is 25.1 Å². The first-order chi connectivity index (χ1) is 13.8. The molecule has 1 amide bonds. The summed E-state index contributed by atoms with van der Waals surface area (Å²) >= 11 is 1.16. The van der Waals surface area contributed by atoms with Crippen LogP contribution in [0.4, 0.5) is 5.69 Å². The first-order valence-corrected chi connectivity index (χ1v) is 10.2. The molecule has 2 atom stereocenters. The van der Waals surface area contributed by atoms with E-state index in [1.165, 1.54) is 10.9 Å². The van der Waals surface area contributed by atoms with Gasteiger partial charge in [0.25, 0.3) is 11.5 Å². The number of ether oxygens (including phenoxy) is 1. The van der Waals surface area contributed by atoms with Gasteiger partial charge in [0.1, 0.15) is 10.9 Å². The Balaban J connectivity index is 1.95. The van der Waals surface area contributed by atoms with Gasteiger partial charge in [-0.15, -0.1) is 11.3 Å². The largest absolute Gasteiger partial charge is 0.461 e. The number of benzene rings is 1. The van der Waals surface area contributed by atoms with E-state index < -0.39 is 12.0 Å². The molecule has 0 aliphatic carbocycles. The molecule has 1 N–H and O–H groups in total. The third kappa shape index (κ3) is 4.22. The van der Waals surface area contributed by atoms with Crippen molar-refractivity contribution in [2.75, 3.05) is 5.32 Å². The zero-order valence-corrected chi connectivity index (χ0v) is 17.6. The minimum absolute atomic E-state index is 0.228. The molecule has 0 unspecified atom stereocenters. The Morgan fingerprint density at radius 1 is 1.24 bits per heavy atom. The van der Waals surface area contributed by atoms with Crippen molar-refractivity contribution in [3.63, 3.8) is 0 Å². The summed E-state index contributed by atoms with van der Waals surface area (Å²) in [5.74, 6) is -0.788. The van der Waals surface area contributed by atoms with Crippen molar-refractivity contribution in [3.05, 3.63) is 57.5 Å². The highest BCUT2D eigenvalue weighted by molar-refractivity contribution is 7.20. The third-order valence-electron chi connectivity index (χ3n) is 4.76. The molecule has 152 valence electrons. The van der Waals surface area contributed by atoms with E-state index in [9.17, 15) is 14.4 Å². The molecule has 0 fully saturated rings. The maximum absolute atomic E-state index is 13.0.